The fourth-order valence-corrected chi connectivity index (χ4v) is 2.74. The van der Waals surface area contributed by atoms with Crippen molar-refractivity contribution in [3.63, 3.8) is 0 Å². The Morgan fingerprint density at radius 1 is 1.38 bits per heavy atom. The van der Waals surface area contributed by atoms with Crippen LogP contribution in [0.25, 0.3) is 0 Å². The first-order valence-electron chi connectivity index (χ1n) is 7.50. The average molecular weight is 285 g/mol. The Bertz CT molecular complexity index is 539. The molecule has 1 aliphatic heterocycles. The molecule has 1 aliphatic rings. The summed E-state index contributed by atoms with van der Waals surface area (Å²) < 4.78 is 0. The molecule has 112 valence electrons. The minimum Gasteiger partial charge on any atom is -0.481 e. The lowest BCUT2D eigenvalue weighted by Crippen LogP contribution is -2.44. The number of aliphatic carboxylic acids is 1. The summed E-state index contributed by atoms with van der Waals surface area (Å²) >= 11 is 0. The van der Waals surface area contributed by atoms with Crippen LogP contribution in [0.5, 0.6) is 0 Å². The zero-order valence-corrected chi connectivity index (χ0v) is 12.8. The Morgan fingerprint density at radius 2 is 2.10 bits per heavy atom. The summed E-state index contributed by atoms with van der Waals surface area (Å²) in [6.45, 7) is 6.21. The maximum Gasteiger partial charge on any atom is 0.309 e. The number of benzene rings is 1. The highest BCUT2D eigenvalue weighted by molar-refractivity contribution is 5.74. The van der Waals surface area contributed by atoms with E-state index in [2.05, 4.69) is 16.7 Å². The van der Waals surface area contributed by atoms with Gasteiger partial charge in [-0.2, -0.15) is 0 Å². The molecule has 1 heterocycles. The van der Waals surface area contributed by atoms with Crippen molar-refractivity contribution in [2.45, 2.75) is 26.7 Å². The van der Waals surface area contributed by atoms with Crippen molar-refractivity contribution in [2.75, 3.05) is 19.6 Å². The van der Waals surface area contributed by atoms with E-state index < -0.39 is 11.4 Å². The van der Waals surface area contributed by atoms with Crippen LogP contribution < -0.4 is 0 Å². The highest BCUT2D eigenvalue weighted by Gasteiger charge is 2.38. The number of piperidine rings is 1. The van der Waals surface area contributed by atoms with Gasteiger partial charge in [-0.25, -0.2) is 0 Å². The smallest absolute Gasteiger partial charge is 0.309 e. The molecule has 3 heteroatoms. The van der Waals surface area contributed by atoms with E-state index in [1.165, 1.54) is 0 Å². The minimum absolute atomic E-state index is 0.197. The summed E-state index contributed by atoms with van der Waals surface area (Å²) in [6.07, 6.45) is 2.04. The summed E-state index contributed by atoms with van der Waals surface area (Å²) in [7, 11) is 0. The zero-order chi connectivity index (χ0) is 15.3. The van der Waals surface area contributed by atoms with Crippen molar-refractivity contribution in [1.29, 1.82) is 0 Å². The number of hydrogen-bond acceptors (Lipinski definition) is 2. The Hall–Kier alpha value is -1.79. The fourth-order valence-electron chi connectivity index (χ4n) is 2.74. The largest absolute Gasteiger partial charge is 0.481 e. The van der Waals surface area contributed by atoms with Crippen molar-refractivity contribution in [2.24, 2.45) is 11.3 Å². The minimum atomic E-state index is -0.704. The van der Waals surface area contributed by atoms with Gasteiger partial charge in [0.25, 0.3) is 0 Å². The van der Waals surface area contributed by atoms with E-state index in [1.807, 2.05) is 44.2 Å². The second kappa shape index (κ2) is 6.78. The van der Waals surface area contributed by atoms with E-state index in [1.54, 1.807) is 0 Å². The number of carboxylic acids is 1. The number of hydrogen-bond donors (Lipinski definition) is 1. The van der Waals surface area contributed by atoms with Gasteiger partial charge in [0.05, 0.1) is 12.0 Å². The molecule has 0 aliphatic carbocycles. The van der Waals surface area contributed by atoms with Crippen LogP contribution >= 0.6 is 0 Å². The van der Waals surface area contributed by atoms with Crippen LogP contribution in [0.2, 0.25) is 0 Å². The van der Waals surface area contributed by atoms with Crippen molar-refractivity contribution in [3.05, 3.63) is 35.9 Å². The Labute approximate surface area is 127 Å². The summed E-state index contributed by atoms with van der Waals surface area (Å²) in [6, 6.07) is 9.94. The van der Waals surface area contributed by atoms with E-state index in [-0.39, 0.29) is 5.92 Å². The van der Waals surface area contributed by atoms with Gasteiger partial charge in [-0.3, -0.25) is 9.69 Å². The molecule has 0 spiro atoms. The topological polar surface area (TPSA) is 40.5 Å². The monoisotopic (exact) mass is 285 g/mol. The van der Waals surface area contributed by atoms with Crippen LogP contribution in [0.1, 0.15) is 32.3 Å². The van der Waals surface area contributed by atoms with E-state index in [0.29, 0.717) is 6.54 Å². The van der Waals surface area contributed by atoms with Gasteiger partial charge in [-0.05, 0) is 51.3 Å². The number of carboxylic acid groups (broad SMARTS) is 1. The predicted octanol–water partition coefficient (Wildman–Crippen LogP) is 2.86. The highest BCUT2D eigenvalue weighted by Crippen LogP contribution is 2.33. The maximum absolute atomic E-state index is 11.4. The Kier molecular flexibility index (Phi) is 5.03. The zero-order valence-electron chi connectivity index (χ0n) is 12.8. The lowest BCUT2D eigenvalue weighted by atomic mass is 9.74. The third-order valence-corrected chi connectivity index (χ3v) is 4.39. The molecule has 1 saturated heterocycles. The predicted molar refractivity (Wildman–Crippen MR) is 83.9 cm³/mol. The molecule has 0 aromatic heterocycles. The normalized spacial score (nSPS) is 19.6. The molecule has 21 heavy (non-hydrogen) atoms. The highest BCUT2D eigenvalue weighted by atomic mass is 16.4. The Morgan fingerprint density at radius 3 is 2.76 bits per heavy atom. The molecule has 0 bridgehead atoms. The first kappa shape index (κ1) is 15.6. The molecule has 0 radical (unpaired) electrons. The summed E-state index contributed by atoms with van der Waals surface area (Å²) in [5, 5.41) is 9.36. The van der Waals surface area contributed by atoms with Gasteiger partial charge >= 0.3 is 5.97 Å². The molecule has 0 saturated carbocycles. The number of nitrogens with zero attached hydrogens (tertiary/aromatic N) is 1. The summed E-state index contributed by atoms with van der Waals surface area (Å²) in [4.78, 5) is 13.7. The fraction of sp³-hybridized carbons (Fsp3) is 0.500. The second-order valence-corrected chi connectivity index (χ2v) is 6.27. The number of likely N-dealkylation sites (tertiary alicyclic amines) is 1. The third-order valence-electron chi connectivity index (χ3n) is 4.39. The first-order valence-corrected chi connectivity index (χ1v) is 7.50. The maximum atomic E-state index is 11.4. The molecule has 3 nitrogen and oxygen atoms in total. The van der Waals surface area contributed by atoms with Crippen LogP contribution in [0, 0.1) is 23.2 Å². The van der Waals surface area contributed by atoms with E-state index in [4.69, 9.17) is 0 Å². The summed E-state index contributed by atoms with van der Waals surface area (Å²) in [5.41, 5.74) is 0.364. The quantitative estimate of drug-likeness (QED) is 0.868. The molecule has 1 aromatic carbocycles. The molecule has 0 amide bonds. The third kappa shape index (κ3) is 4.09. The Balaban J connectivity index is 1.93. The van der Waals surface area contributed by atoms with Gasteiger partial charge < -0.3 is 5.11 Å². The average Bonchev–Trinajstić information content (AvgIpc) is 2.48. The van der Waals surface area contributed by atoms with Crippen molar-refractivity contribution in [1.82, 2.24) is 4.90 Å². The van der Waals surface area contributed by atoms with Gasteiger partial charge in [0, 0.05) is 12.1 Å². The van der Waals surface area contributed by atoms with Gasteiger partial charge in [-0.15, -0.1) is 0 Å². The van der Waals surface area contributed by atoms with Crippen LogP contribution in [-0.4, -0.2) is 35.6 Å². The summed E-state index contributed by atoms with van der Waals surface area (Å²) in [5.74, 6) is 5.85. The lowest BCUT2D eigenvalue weighted by molar-refractivity contribution is -0.151. The molecule has 1 aromatic rings. The molecule has 1 N–H and O–H groups in total. The molecular weight excluding hydrogens is 262 g/mol. The molecule has 2 rings (SSSR count). The number of carbonyl (C=O) groups is 1. The van der Waals surface area contributed by atoms with Gasteiger partial charge in [-0.1, -0.05) is 30.0 Å². The first-order chi connectivity index (χ1) is 10.00. The van der Waals surface area contributed by atoms with Crippen molar-refractivity contribution in [3.8, 4) is 11.8 Å². The SMILES string of the molecule is CC(C)(C(=O)O)C1CCCN(CC#Cc2ccccc2)C1. The van der Waals surface area contributed by atoms with Gasteiger partial charge in [0.15, 0.2) is 0 Å². The van der Waals surface area contributed by atoms with E-state index >= 15 is 0 Å². The molecule has 1 atom stereocenters. The van der Waals surface area contributed by atoms with Crippen molar-refractivity contribution < 1.29 is 9.90 Å². The molecular formula is C18H23NO2. The molecule has 1 fully saturated rings. The van der Waals surface area contributed by atoms with E-state index in [0.717, 1.165) is 31.5 Å². The lowest BCUT2D eigenvalue weighted by Gasteiger charge is -2.38. The van der Waals surface area contributed by atoms with Gasteiger partial charge in [0.2, 0.25) is 0 Å². The standard InChI is InChI=1S/C18H23NO2/c1-18(2,17(20)21)16-11-7-13-19(14-16)12-6-10-15-8-4-3-5-9-15/h3-5,8-9,16H,7,11-14H2,1-2H3,(H,20,21). The van der Waals surface area contributed by atoms with Crippen LogP contribution in [0.15, 0.2) is 30.3 Å². The number of rotatable bonds is 3. The van der Waals surface area contributed by atoms with Crippen molar-refractivity contribution >= 4 is 5.97 Å². The van der Waals surface area contributed by atoms with Crippen LogP contribution in [0.4, 0.5) is 0 Å². The van der Waals surface area contributed by atoms with Crippen LogP contribution in [0.3, 0.4) is 0 Å². The second-order valence-electron chi connectivity index (χ2n) is 6.27. The molecule has 1 unspecified atom stereocenters. The van der Waals surface area contributed by atoms with Crippen LogP contribution in [-0.2, 0) is 4.79 Å². The van der Waals surface area contributed by atoms with Gasteiger partial charge in [0.1, 0.15) is 0 Å². The van der Waals surface area contributed by atoms with E-state index in [9.17, 15) is 9.90 Å².